The molecular weight excluding hydrogens is 263 g/mol. The second-order valence-electron chi connectivity index (χ2n) is 5.72. The molecule has 2 aromatic rings. The quantitative estimate of drug-likeness (QED) is 0.812. The first-order chi connectivity index (χ1) is 10.0. The zero-order valence-electron chi connectivity index (χ0n) is 12.7. The molecule has 0 radical (unpaired) electrons. The highest BCUT2D eigenvalue weighted by atomic mass is 19.1. The van der Waals surface area contributed by atoms with Gasteiger partial charge in [0, 0.05) is 12.2 Å². The van der Waals surface area contributed by atoms with Crippen LogP contribution in [0.1, 0.15) is 30.4 Å². The van der Waals surface area contributed by atoms with Crippen LogP contribution in [0, 0.1) is 5.82 Å². The van der Waals surface area contributed by atoms with Gasteiger partial charge in [0.1, 0.15) is 5.82 Å². The summed E-state index contributed by atoms with van der Waals surface area (Å²) in [6.07, 6.45) is 1.07. The first-order valence-electron chi connectivity index (χ1n) is 7.33. The van der Waals surface area contributed by atoms with E-state index >= 15 is 0 Å². The van der Waals surface area contributed by atoms with Gasteiger partial charge in [0.25, 0.3) is 0 Å². The molecule has 2 nitrogen and oxygen atoms in total. The van der Waals surface area contributed by atoms with E-state index in [1.807, 2.05) is 18.2 Å². The Morgan fingerprint density at radius 2 is 1.86 bits per heavy atom. The van der Waals surface area contributed by atoms with Gasteiger partial charge in [-0.3, -0.25) is 0 Å². The summed E-state index contributed by atoms with van der Waals surface area (Å²) in [6, 6.07) is 14.9. The summed E-state index contributed by atoms with van der Waals surface area (Å²) in [5.41, 5.74) is 8.83. The van der Waals surface area contributed by atoms with Gasteiger partial charge in [-0.15, -0.1) is 0 Å². The molecule has 0 saturated carbocycles. The van der Waals surface area contributed by atoms with Gasteiger partial charge in [0.2, 0.25) is 0 Å². The summed E-state index contributed by atoms with van der Waals surface area (Å²) in [5, 5.41) is 0. The molecule has 0 heterocycles. The molecule has 1 unspecified atom stereocenters. The van der Waals surface area contributed by atoms with Crippen molar-refractivity contribution in [1.82, 2.24) is 4.90 Å². The Bertz CT molecular complexity index is 566. The normalized spacial score (nSPS) is 12.6. The van der Waals surface area contributed by atoms with Crippen molar-refractivity contribution in [2.75, 3.05) is 19.3 Å². The Morgan fingerprint density at radius 1 is 1.14 bits per heavy atom. The van der Waals surface area contributed by atoms with Gasteiger partial charge in [0.05, 0.1) is 0 Å². The van der Waals surface area contributed by atoms with Gasteiger partial charge in [-0.2, -0.15) is 0 Å². The van der Waals surface area contributed by atoms with E-state index in [2.05, 4.69) is 31.0 Å². The average molecular weight is 286 g/mol. The van der Waals surface area contributed by atoms with Crippen molar-refractivity contribution in [2.24, 2.45) is 0 Å². The first kappa shape index (κ1) is 15.5. The highest BCUT2D eigenvalue weighted by molar-refractivity contribution is 5.40. The second-order valence-corrected chi connectivity index (χ2v) is 5.72. The molecule has 0 bridgehead atoms. The lowest BCUT2D eigenvalue weighted by Gasteiger charge is -2.20. The summed E-state index contributed by atoms with van der Waals surface area (Å²) in [5.74, 6) is 0.316. The van der Waals surface area contributed by atoms with Crippen LogP contribution >= 0.6 is 0 Å². The highest BCUT2D eigenvalue weighted by Gasteiger charge is 2.08. The van der Waals surface area contributed by atoms with Crippen LogP contribution < -0.4 is 5.73 Å². The van der Waals surface area contributed by atoms with E-state index in [1.54, 1.807) is 12.1 Å². The summed E-state index contributed by atoms with van der Waals surface area (Å²) < 4.78 is 13.2. The molecule has 0 fully saturated rings. The molecule has 0 aliphatic carbocycles. The molecule has 0 amide bonds. The maximum Gasteiger partial charge on any atom is 0.123 e. The molecule has 0 aromatic heterocycles. The van der Waals surface area contributed by atoms with Crippen molar-refractivity contribution in [3.05, 3.63) is 65.5 Å². The van der Waals surface area contributed by atoms with E-state index in [-0.39, 0.29) is 5.82 Å². The third-order valence-corrected chi connectivity index (χ3v) is 3.79. The summed E-state index contributed by atoms with van der Waals surface area (Å²) in [7, 11) is 2.07. The lowest BCUT2D eigenvalue weighted by Crippen LogP contribution is -2.20. The molecule has 0 spiro atoms. The van der Waals surface area contributed by atoms with Crippen LogP contribution in [-0.4, -0.2) is 18.5 Å². The molecule has 112 valence electrons. The average Bonchev–Trinajstić information content (AvgIpc) is 2.45. The Kier molecular flexibility index (Phi) is 5.34. The van der Waals surface area contributed by atoms with Crippen molar-refractivity contribution >= 4 is 5.69 Å². The lowest BCUT2D eigenvalue weighted by molar-refractivity contribution is 0.313. The first-order valence-corrected chi connectivity index (χ1v) is 7.33. The van der Waals surface area contributed by atoms with Gasteiger partial charge in [0.15, 0.2) is 0 Å². The predicted molar refractivity (Wildman–Crippen MR) is 86.6 cm³/mol. The molecule has 2 N–H and O–H groups in total. The molecular formula is C18H23FN2. The second kappa shape index (κ2) is 7.23. The van der Waals surface area contributed by atoms with Gasteiger partial charge < -0.3 is 10.6 Å². The number of anilines is 1. The van der Waals surface area contributed by atoms with Crippen LogP contribution in [0.3, 0.4) is 0 Å². The highest BCUT2D eigenvalue weighted by Crippen LogP contribution is 2.20. The number of rotatable bonds is 6. The summed E-state index contributed by atoms with van der Waals surface area (Å²) >= 11 is 0. The minimum absolute atomic E-state index is 0.170. The van der Waals surface area contributed by atoms with Crippen molar-refractivity contribution in [2.45, 2.75) is 25.8 Å². The fourth-order valence-electron chi connectivity index (χ4n) is 2.43. The summed E-state index contributed by atoms with van der Waals surface area (Å²) in [4.78, 5) is 2.22. The maximum atomic E-state index is 13.2. The van der Waals surface area contributed by atoms with Crippen molar-refractivity contribution in [3.8, 4) is 0 Å². The molecule has 0 aliphatic rings. The molecule has 0 saturated heterocycles. The van der Waals surface area contributed by atoms with Crippen LogP contribution in [0.4, 0.5) is 10.1 Å². The molecule has 0 aliphatic heterocycles. The van der Waals surface area contributed by atoms with Crippen LogP contribution in [0.5, 0.6) is 0 Å². The van der Waals surface area contributed by atoms with E-state index in [0.717, 1.165) is 30.8 Å². The summed E-state index contributed by atoms with van der Waals surface area (Å²) in [6.45, 7) is 3.97. The monoisotopic (exact) mass is 286 g/mol. The Balaban J connectivity index is 1.83. The van der Waals surface area contributed by atoms with Crippen LogP contribution in [0.15, 0.2) is 48.5 Å². The minimum Gasteiger partial charge on any atom is -0.399 e. The van der Waals surface area contributed by atoms with E-state index < -0.39 is 0 Å². The smallest absolute Gasteiger partial charge is 0.123 e. The molecule has 2 aromatic carbocycles. The molecule has 2 rings (SSSR count). The Morgan fingerprint density at radius 3 is 2.52 bits per heavy atom. The number of halogens is 1. The van der Waals surface area contributed by atoms with Crippen LogP contribution in [0.25, 0.3) is 0 Å². The number of nitrogens with two attached hydrogens (primary N) is 1. The minimum atomic E-state index is -0.170. The van der Waals surface area contributed by atoms with Gasteiger partial charge in [-0.05, 0) is 61.3 Å². The molecule has 3 heteroatoms. The van der Waals surface area contributed by atoms with E-state index in [9.17, 15) is 4.39 Å². The molecule has 1 atom stereocenters. The van der Waals surface area contributed by atoms with E-state index in [0.29, 0.717) is 5.92 Å². The van der Waals surface area contributed by atoms with Crippen LogP contribution in [-0.2, 0) is 6.54 Å². The zero-order valence-corrected chi connectivity index (χ0v) is 12.7. The standard InChI is InChI=1S/C18H23FN2/c1-14(16-6-8-18(20)9-7-16)10-11-21(2)13-15-4-3-5-17(19)12-15/h3-9,12,14H,10-11,13,20H2,1-2H3. The van der Waals surface area contributed by atoms with Crippen molar-refractivity contribution < 1.29 is 4.39 Å². The SMILES string of the molecule is CC(CCN(C)Cc1cccc(F)c1)c1ccc(N)cc1. The number of nitrogens with zero attached hydrogens (tertiary/aromatic N) is 1. The van der Waals surface area contributed by atoms with Crippen molar-refractivity contribution in [1.29, 1.82) is 0 Å². The third-order valence-electron chi connectivity index (χ3n) is 3.79. The topological polar surface area (TPSA) is 29.3 Å². The fraction of sp³-hybridized carbons (Fsp3) is 0.333. The Labute approximate surface area is 126 Å². The lowest BCUT2D eigenvalue weighted by atomic mass is 9.97. The van der Waals surface area contributed by atoms with Gasteiger partial charge in [-0.25, -0.2) is 4.39 Å². The fourth-order valence-corrected chi connectivity index (χ4v) is 2.43. The number of hydrogen-bond acceptors (Lipinski definition) is 2. The third kappa shape index (κ3) is 4.87. The van der Waals surface area contributed by atoms with Crippen molar-refractivity contribution in [3.63, 3.8) is 0 Å². The zero-order chi connectivity index (χ0) is 15.2. The largest absolute Gasteiger partial charge is 0.399 e. The predicted octanol–water partition coefficient (Wildman–Crippen LogP) is 4.03. The van der Waals surface area contributed by atoms with E-state index in [1.165, 1.54) is 11.6 Å². The van der Waals surface area contributed by atoms with E-state index in [4.69, 9.17) is 5.73 Å². The van der Waals surface area contributed by atoms with Gasteiger partial charge in [-0.1, -0.05) is 31.2 Å². The van der Waals surface area contributed by atoms with Crippen LogP contribution in [0.2, 0.25) is 0 Å². The van der Waals surface area contributed by atoms with Gasteiger partial charge >= 0.3 is 0 Å². The molecule has 21 heavy (non-hydrogen) atoms. The maximum absolute atomic E-state index is 13.2. The number of hydrogen-bond donors (Lipinski definition) is 1. The Hall–Kier alpha value is -1.87. The number of nitrogen functional groups attached to an aromatic ring is 1. The number of benzene rings is 2.